The molecule has 0 spiro atoms. The number of nitrogens with one attached hydrogen (secondary N) is 1. The van der Waals surface area contributed by atoms with Crippen LogP contribution in [0.1, 0.15) is 35.0 Å². The molecule has 4 rings (SSSR count). The van der Waals surface area contributed by atoms with Crippen molar-refractivity contribution in [1.82, 2.24) is 25.0 Å². The van der Waals surface area contributed by atoms with Gasteiger partial charge in [0, 0.05) is 44.3 Å². The number of carbonyl (C=O) groups is 2. The van der Waals surface area contributed by atoms with E-state index in [2.05, 4.69) is 20.1 Å². The molecule has 31 heavy (non-hydrogen) atoms. The highest BCUT2D eigenvalue weighted by Gasteiger charge is 2.46. The summed E-state index contributed by atoms with van der Waals surface area (Å²) in [7, 11) is 0. The summed E-state index contributed by atoms with van der Waals surface area (Å²) in [6, 6.07) is 2.88. The summed E-state index contributed by atoms with van der Waals surface area (Å²) in [5.74, 6) is -1.46. The van der Waals surface area contributed by atoms with E-state index in [0.717, 1.165) is 31.6 Å². The molecule has 0 aromatic carbocycles. The van der Waals surface area contributed by atoms with Gasteiger partial charge in [0.25, 0.3) is 11.7 Å². The standard InChI is InChI=1S/C22H27N5O4/c1-14-17(15(2)25-24-14)20(28)18-19(16-4-6-23-7-5-16)27(22(30)21(18)29)9-3-8-26-10-12-31-13-11-26/h4-7,19,28H,3,8-13H2,1-2H3,(H,24,25)/t19-/m1/s1. The van der Waals surface area contributed by atoms with Crippen molar-refractivity contribution in [3.05, 3.63) is 52.6 Å². The molecular weight excluding hydrogens is 398 g/mol. The Morgan fingerprint density at radius 3 is 2.55 bits per heavy atom. The van der Waals surface area contributed by atoms with E-state index in [4.69, 9.17) is 4.74 Å². The third-order valence-electron chi connectivity index (χ3n) is 5.90. The fourth-order valence-electron chi connectivity index (χ4n) is 4.33. The van der Waals surface area contributed by atoms with Gasteiger partial charge in [-0.25, -0.2) is 0 Å². The molecule has 0 radical (unpaired) electrons. The van der Waals surface area contributed by atoms with Crippen LogP contribution in [0.5, 0.6) is 0 Å². The number of pyridine rings is 1. The maximum Gasteiger partial charge on any atom is 0.295 e. The summed E-state index contributed by atoms with van der Waals surface area (Å²) in [5.41, 5.74) is 2.51. The smallest absolute Gasteiger partial charge is 0.295 e. The molecule has 0 unspecified atom stereocenters. The van der Waals surface area contributed by atoms with Crippen LogP contribution >= 0.6 is 0 Å². The van der Waals surface area contributed by atoms with Gasteiger partial charge in [0.2, 0.25) is 0 Å². The third kappa shape index (κ3) is 4.11. The maximum atomic E-state index is 13.0. The van der Waals surface area contributed by atoms with Crippen molar-refractivity contribution in [1.29, 1.82) is 0 Å². The highest BCUT2D eigenvalue weighted by Crippen LogP contribution is 2.40. The maximum absolute atomic E-state index is 13.0. The zero-order valence-electron chi connectivity index (χ0n) is 17.8. The van der Waals surface area contributed by atoms with Crippen molar-refractivity contribution in [2.75, 3.05) is 39.4 Å². The molecule has 2 N–H and O–H groups in total. The first-order valence-corrected chi connectivity index (χ1v) is 10.5. The number of aliphatic hydroxyl groups excluding tert-OH is 1. The highest BCUT2D eigenvalue weighted by atomic mass is 16.5. The molecule has 2 aliphatic heterocycles. The van der Waals surface area contributed by atoms with Crippen molar-refractivity contribution < 1.29 is 19.4 Å². The van der Waals surface area contributed by atoms with Crippen LogP contribution in [0.4, 0.5) is 0 Å². The molecule has 2 aliphatic rings. The fraction of sp³-hybridized carbons (Fsp3) is 0.455. The zero-order valence-corrected chi connectivity index (χ0v) is 17.8. The zero-order chi connectivity index (χ0) is 22.0. The number of hydrogen-bond donors (Lipinski definition) is 2. The molecule has 0 saturated carbocycles. The molecule has 2 aromatic rings. The van der Waals surface area contributed by atoms with Gasteiger partial charge in [-0.05, 0) is 38.0 Å². The SMILES string of the molecule is Cc1n[nH]c(C)c1C(O)=C1C(=O)C(=O)N(CCCN2CCOCC2)[C@@H]1c1ccncc1. The van der Waals surface area contributed by atoms with Crippen LogP contribution in [0.3, 0.4) is 0 Å². The van der Waals surface area contributed by atoms with E-state index in [1.165, 1.54) is 0 Å². The largest absolute Gasteiger partial charge is 0.507 e. The number of ether oxygens (including phenoxy) is 1. The number of nitrogens with zero attached hydrogens (tertiary/aromatic N) is 4. The molecule has 4 heterocycles. The van der Waals surface area contributed by atoms with Crippen LogP contribution in [0.15, 0.2) is 30.1 Å². The fourth-order valence-corrected chi connectivity index (χ4v) is 4.33. The number of ketones is 1. The van der Waals surface area contributed by atoms with Crippen LogP contribution in [-0.4, -0.2) is 81.2 Å². The number of aromatic nitrogens is 3. The average molecular weight is 425 g/mol. The van der Waals surface area contributed by atoms with E-state index in [-0.39, 0.29) is 11.3 Å². The van der Waals surface area contributed by atoms with Crippen LogP contribution < -0.4 is 0 Å². The monoisotopic (exact) mass is 425 g/mol. The van der Waals surface area contributed by atoms with E-state index in [1.807, 2.05) is 0 Å². The number of morpholine rings is 1. The number of rotatable bonds is 6. The predicted octanol–water partition coefficient (Wildman–Crippen LogP) is 1.57. The Hall–Kier alpha value is -3.04. The van der Waals surface area contributed by atoms with Gasteiger partial charge in [0.15, 0.2) is 0 Å². The van der Waals surface area contributed by atoms with Gasteiger partial charge in [0.05, 0.1) is 36.1 Å². The Labute approximate surface area is 180 Å². The first-order valence-electron chi connectivity index (χ1n) is 10.5. The topological polar surface area (TPSA) is 112 Å². The minimum absolute atomic E-state index is 0.0928. The molecule has 1 atom stereocenters. The van der Waals surface area contributed by atoms with Gasteiger partial charge in [-0.2, -0.15) is 5.10 Å². The lowest BCUT2D eigenvalue weighted by Crippen LogP contribution is -2.38. The Kier molecular flexibility index (Phi) is 6.15. The molecule has 1 amide bonds. The van der Waals surface area contributed by atoms with Crippen molar-refractivity contribution in [2.24, 2.45) is 0 Å². The molecule has 9 heteroatoms. The molecule has 2 aromatic heterocycles. The van der Waals surface area contributed by atoms with Crippen LogP contribution in [-0.2, 0) is 14.3 Å². The molecule has 164 valence electrons. The normalized spacial score (nSPS) is 21.7. The quantitative estimate of drug-likeness (QED) is 0.410. The predicted molar refractivity (Wildman–Crippen MR) is 113 cm³/mol. The number of aromatic amines is 1. The summed E-state index contributed by atoms with van der Waals surface area (Å²) in [5, 5.41) is 18.1. The van der Waals surface area contributed by atoms with Crippen molar-refractivity contribution >= 4 is 17.4 Å². The number of carbonyl (C=O) groups excluding carboxylic acids is 2. The molecular formula is C22H27N5O4. The lowest BCUT2D eigenvalue weighted by atomic mass is 9.95. The lowest BCUT2D eigenvalue weighted by molar-refractivity contribution is -0.140. The minimum Gasteiger partial charge on any atom is -0.507 e. The number of hydrogen-bond acceptors (Lipinski definition) is 7. The van der Waals surface area contributed by atoms with Gasteiger partial charge in [-0.3, -0.25) is 24.6 Å². The van der Waals surface area contributed by atoms with Gasteiger partial charge in [-0.15, -0.1) is 0 Å². The van der Waals surface area contributed by atoms with E-state index in [0.29, 0.717) is 36.7 Å². The Balaban J connectivity index is 1.67. The second-order valence-corrected chi connectivity index (χ2v) is 7.89. The Morgan fingerprint density at radius 1 is 1.19 bits per heavy atom. The molecule has 0 aliphatic carbocycles. The van der Waals surface area contributed by atoms with E-state index in [1.54, 1.807) is 43.3 Å². The van der Waals surface area contributed by atoms with Crippen molar-refractivity contribution in [2.45, 2.75) is 26.3 Å². The number of aryl methyl sites for hydroxylation is 2. The molecule has 9 nitrogen and oxygen atoms in total. The summed E-state index contributed by atoms with van der Waals surface area (Å²) < 4.78 is 5.38. The van der Waals surface area contributed by atoms with Crippen LogP contribution in [0.2, 0.25) is 0 Å². The minimum atomic E-state index is -0.675. The number of aliphatic hydroxyl groups is 1. The Bertz CT molecular complexity index is 975. The second-order valence-electron chi connectivity index (χ2n) is 7.89. The summed E-state index contributed by atoms with van der Waals surface area (Å²) in [6.07, 6.45) is 3.97. The van der Waals surface area contributed by atoms with Crippen molar-refractivity contribution in [3.63, 3.8) is 0 Å². The molecule has 0 bridgehead atoms. The summed E-state index contributed by atoms with van der Waals surface area (Å²) in [6.45, 7) is 7.91. The average Bonchev–Trinajstić information content (AvgIpc) is 3.25. The highest BCUT2D eigenvalue weighted by molar-refractivity contribution is 6.46. The first-order chi connectivity index (χ1) is 15.0. The molecule has 2 fully saturated rings. The Morgan fingerprint density at radius 2 is 1.90 bits per heavy atom. The number of H-pyrrole nitrogens is 1. The third-order valence-corrected chi connectivity index (χ3v) is 5.90. The number of likely N-dealkylation sites (tertiary alicyclic amines) is 1. The number of Topliss-reactive ketones (excluding diaryl/α,β-unsaturated/α-hetero) is 1. The van der Waals surface area contributed by atoms with Crippen LogP contribution in [0.25, 0.3) is 5.76 Å². The van der Waals surface area contributed by atoms with Gasteiger partial charge >= 0.3 is 0 Å². The van der Waals surface area contributed by atoms with Crippen LogP contribution in [0, 0.1) is 13.8 Å². The second kappa shape index (κ2) is 8.99. The number of amides is 1. The lowest BCUT2D eigenvalue weighted by Gasteiger charge is -2.29. The van der Waals surface area contributed by atoms with Crippen molar-refractivity contribution in [3.8, 4) is 0 Å². The van der Waals surface area contributed by atoms with E-state index in [9.17, 15) is 14.7 Å². The first kappa shape index (κ1) is 21.2. The van der Waals surface area contributed by atoms with Gasteiger partial charge in [0.1, 0.15) is 5.76 Å². The van der Waals surface area contributed by atoms with E-state index < -0.39 is 17.7 Å². The van der Waals surface area contributed by atoms with Gasteiger partial charge < -0.3 is 14.7 Å². The summed E-state index contributed by atoms with van der Waals surface area (Å²) >= 11 is 0. The molecule has 2 saturated heterocycles. The van der Waals surface area contributed by atoms with E-state index >= 15 is 0 Å². The summed E-state index contributed by atoms with van der Waals surface area (Å²) in [4.78, 5) is 33.9. The van der Waals surface area contributed by atoms with Gasteiger partial charge in [-0.1, -0.05) is 0 Å².